The molecule has 0 radical (unpaired) electrons. The molecule has 0 saturated carbocycles. The SMILES string of the molecule is C=CCOC(=O)N1CCC[C@@H]1C(=O)OC. The summed E-state index contributed by atoms with van der Waals surface area (Å²) in [5.41, 5.74) is 0. The molecular formula is C10H15NO4. The van der Waals surface area contributed by atoms with Gasteiger partial charge in [0.15, 0.2) is 0 Å². The fourth-order valence-corrected chi connectivity index (χ4v) is 1.58. The summed E-state index contributed by atoms with van der Waals surface area (Å²) < 4.78 is 9.47. The predicted octanol–water partition coefficient (Wildman–Crippen LogP) is 0.946. The lowest BCUT2D eigenvalue weighted by Crippen LogP contribution is -2.41. The van der Waals surface area contributed by atoms with Gasteiger partial charge in [0.1, 0.15) is 12.6 Å². The van der Waals surface area contributed by atoms with Gasteiger partial charge in [-0.25, -0.2) is 9.59 Å². The van der Waals surface area contributed by atoms with E-state index in [9.17, 15) is 9.59 Å². The molecule has 0 unspecified atom stereocenters. The summed E-state index contributed by atoms with van der Waals surface area (Å²) in [6.45, 7) is 4.14. The van der Waals surface area contributed by atoms with Gasteiger partial charge in [-0.2, -0.15) is 0 Å². The number of esters is 1. The molecule has 5 heteroatoms. The van der Waals surface area contributed by atoms with E-state index in [2.05, 4.69) is 11.3 Å². The van der Waals surface area contributed by atoms with Crippen molar-refractivity contribution in [3.63, 3.8) is 0 Å². The molecule has 0 aromatic heterocycles. The van der Waals surface area contributed by atoms with Crippen molar-refractivity contribution < 1.29 is 19.1 Å². The molecule has 1 rings (SSSR count). The first kappa shape index (κ1) is 11.6. The summed E-state index contributed by atoms with van der Waals surface area (Å²) >= 11 is 0. The second-order valence-electron chi connectivity index (χ2n) is 3.24. The number of carbonyl (C=O) groups is 2. The van der Waals surface area contributed by atoms with E-state index in [0.717, 1.165) is 6.42 Å². The summed E-state index contributed by atoms with van der Waals surface area (Å²) in [7, 11) is 1.31. The first-order chi connectivity index (χ1) is 7.20. The van der Waals surface area contributed by atoms with Crippen LogP contribution in [-0.4, -0.2) is 43.3 Å². The molecule has 1 fully saturated rings. The van der Waals surface area contributed by atoms with Crippen LogP contribution in [0.1, 0.15) is 12.8 Å². The van der Waals surface area contributed by atoms with Crippen molar-refractivity contribution in [3.05, 3.63) is 12.7 Å². The Bertz CT molecular complexity index is 264. The minimum atomic E-state index is -0.493. The Balaban J connectivity index is 2.55. The van der Waals surface area contributed by atoms with Crippen molar-refractivity contribution >= 4 is 12.1 Å². The molecule has 0 bridgehead atoms. The van der Waals surface area contributed by atoms with Gasteiger partial charge < -0.3 is 9.47 Å². The van der Waals surface area contributed by atoms with Crippen LogP contribution in [0.4, 0.5) is 4.79 Å². The van der Waals surface area contributed by atoms with Gasteiger partial charge in [0.05, 0.1) is 7.11 Å². The van der Waals surface area contributed by atoms with E-state index in [0.29, 0.717) is 13.0 Å². The topological polar surface area (TPSA) is 55.8 Å². The molecule has 1 amide bonds. The van der Waals surface area contributed by atoms with E-state index in [1.807, 2.05) is 0 Å². The molecule has 1 saturated heterocycles. The molecule has 84 valence electrons. The Labute approximate surface area is 88.6 Å². The first-order valence-corrected chi connectivity index (χ1v) is 4.82. The highest BCUT2D eigenvalue weighted by atomic mass is 16.6. The molecule has 0 N–H and O–H groups in total. The number of hydrogen-bond acceptors (Lipinski definition) is 4. The number of likely N-dealkylation sites (tertiary alicyclic amines) is 1. The van der Waals surface area contributed by atoms with Crippen LogP contribution >= 0.6 is 0 Å². The zero-order valence-corrected chi connectivity index (χ0v) is 8.77. The molecule has 0 spiro atoms. The van der Waals surface area contributed by atoms with Crippen LogP contribution in [0.2, 0.25) is 0 Å². The van der Waals surface area contributed by atoms with E-state index in [-0.39, 0.29) is 12.6 Å². The van der Waals surface area contributed by atoms with E-state index >= 15 is 0 Å². The number of nitrogens with zero attached hydrogens (tertiary/aromatic N) is 1. The number of hydrogen-bond donors (Lipinski definition) is 0. The lowest BCUT2D eigenvalue weighted by molar-refractivity contribution is -0.145. The summed E-state index contributed by atoms with van der Waals surface area (Å²) in [5.74, 6) is -0.386. The largest absolute Gasteiger partial charge is 0.467 e. The lowest BCUT2D eigenvalue weighted by atomic mass is 10.2. The average molecular weight is 213 g/mol. The van der Waals surface area contributed by atoms with Crippen LogP contribution < -0.4 is 0 Å². The second-order valence-corrected chi connectivity index (χ2v) is 3.24. The monoisotopic (exact) mass is 213 g/mol. The summed E-state index contributed by atoms with van der Waals surface area (Å²) in [4.78, 5) is 24.2. The molecule has 0 aliphatic carbocycles. The average Bonchev–Trinajstić information content (AvgIpc) is 2.73. The number of ether oxygens (including phenoxy) is 2. The molecule has 15 heavy (non-hydrogen) atoms. The molecule has 0 aromatic carbocycles. The van der Waals surface area contributed by atoms with Gasteiger partial charge in [0.2, 0.25) is 0 Å². The Hall–Kier alpha value is -1.52. The van der Waals surface area contributed by atoms with Crippen molar-refractivity contribution in [2.24, 2.45) is 0 Å². The van der Waals surface area contributed by atoms with E-state index < -0.39 is 12.1 Å². The number of methoxy groups -OCH3 is 1. The minimum absolute atomic E-state index is 0.156. The van der Waals surface area contributed by atoms with Gasteiger partial charge in [-0.15, -0.1) is 0 Å². The predicted molar refractivity (Wildman–Crippen MR) is 53.3 cm³/mol. The summed E-state index contributed by atoms with van der Waals surface area (Å²) in [6.07, 6.45) is 2.43. The zero-order valence-electron chi connectivity index (χ0n) is 8.77. The van der Waals surface area contributed by atoms with Crippen LogP contribution in [0.3, 0.4) is 0 Å². The van der Waals surface area contributed by atoms with Crippen molar-refractivity contribution in [1.29, 1.82) is 0 Å². The second kappa shape index (κ2) is 5.38. The van der Waals surface area contributed by atoms with E-state index in [1.54, 1.807) is 0 Å². The Morgan fingerprint density at radius 2 is 2.33 bits per heavy atom. The highest BCUT2D eigenvalue weighted by Crippen LogP contribution is 2.19. The zero-order chi connectivity index (χ0) is 11.3. The summed E-state index contributed by atoms with van der Waals surface area (Å²) in [6, 6.07) is -0.493. The number of carbonyl (C=O) groups excluding carboxylic acids is 2. The third-order valence-electron chi connectivity index (χ3n) is 2.29. The molecule has 1 aliphatic rings. The third-order valence-corrected chi connectivity index (χ3v) is 2.29. The fourth-order valence-electron chi connectivity index (χ4n) is 1.58. The highest BCUT2D eigenvalue weighted by Gasteiger charge is 2.35. The molecule has 0 aromatic rings. The van der Waals surface area contributed by atoms with Crippen LogP contribution in [0.25, 0.3) is 0 Å². The quantitative estimate of drug-likeness (QED) is 0.517. The molecule has 5 nitrogen and oxygen atoms in total. The van der Waals surface area contributed by atoms with Crippen molar-refractivity contribution in [3.8, 4) is 0 Å². The van der Waals surface area contributed by atoms with Crippen LogP contribution in [0.5, 0.6) is 0 Å². The molecule has 1 aliphatic heterocycles. The maximum absolute atomic E-state index is 11.5. The Morgan fingerprint density at radius 1 is 1.60 bits per heavy atom. The molecule has 1 atom stereocenters. The van der Waals surface area contributed by atoms with Gasteiger partial charge in [-0.1, -0.05) is 12.7 Å². The Morgan fingerprint density at radius 3 is 2.93 bits per heavy atom. The Kier molecular flexibility index (Phi) is 4.15. The lowest BCUT2D eigenvalue weighted by Gasteiger charge is -2.21. The maximum Gasteiger partial charge on any atom is 0.410 e. The van der Waals surface area contributed by atoms with Gasteiger partial charge >= 0.3 is 12.1 Å². The van der Waals surface area contributed by atoms with Gasteiger partial charge in [-0.3, -0.25) is 4.90 Å². The smallest absolute Gasteiger partial charge is 0.410 e. The van der Waals surface area contributed by atoms with Gasteiger partial charge in [-0.05, 0) is 12.8 Å². The van der Waals surface area contributed by atoms with Crippen LogP contribution in [0.15, 0.2) is 12.7 Å². The number of rotatable bonds is 3. The highest BCUT2D eigenvalue weighted by molar-refractivity contribution is 5.82. The fraction of sp³-hybridized carbons (Fsp3) is 0.600. The maximum atomic E-state index is 11.5. The molecular weight excluding hydrogens is 198 g/mol. The number of amides is 1. The van der Waals surface area contributed by atoms with Crippen LogP contribution in [-0.2, 0) is 14.3 Å². The van der Waals surface area contributed by atoms with Crippen molar-refractivity contribution in [2.45, 2.75) is 18.9 Å². The normalized spacial score (nSPS) is 19.8. The third kappa shape index (κ3) is 2.71. The van der Waals surface area contributed by atoms with Crippen molar-refractivity contribution in [2.75, 3.05) is 20.3 Å². The van der Waals surface area contributed by atoms with E-state index in [1.165, 1.54) is 18.1 Å². The molecule has 1 heterocycles. The van der Waals surface area contributed by atoms with E-state index in [4.69, 9.17) is 4.74 Å². The van der Waals surface area contributed by atoms with Crippen molar-refractivity contribution in [1.82, 2.24) is 4.90 Å². The van der Waals surface area contributed by atoms with Gasteiger partial charge in [0, 0.05) is 6.54 Å². The first-order valence-electron chi connectivity index (χ1n) is 4.82. The van der Waals surface area contributed by atoms with Crippen LogP contribution in [0, 0.1) is 0 Å². The summed E-state index contributed by atoms with van der Waals surface area (Å²) in [5, 5.41) is 0. The standard InChI is InChI=1S/C10H15NO4/c1-3-7-15-10(13)11-6-4-5-8(11)9(12)14-2/h3,8H,1,4-7H2,2H3/t8-/m1/s1. The van der Waals surface area contributed by atoms with Gasteiger partial charge in [0.25, 0.3) is 0 Å². The minimum Gasteiger partial charge on any atom is -0.467 e.